The summed E-state index contributed by atoms with van der Waals surface area (Å²) in [7, 11) is 0. The molecule has 1 amide bonds. The van der Waals surface area contributed by atoms with Crippen molar-refractivity contribution in [2.24, 2.45) is 0 Å². The van der Waals surface area contributed by atoms with E-state index >= 15 is 0 Å². The molecule has 4 rings (SSSR count). The quantitative estimate of drug-likeness (QED) is 0.697. The molecule has 0 saturated carbocycles. The summed E-state index contributed by atoms with van der Waals surface area (Å²) in [6.07, 6.45) is 7.05. The number of rotatable bonds is 5. The second-order valence-corrected chi connectivity index (χ2v) is 6.39. The van der Waals surface area contributed by atoms with E-state index in [1.54, 1.807) is 24.5 Å². The molecule has 0 radical (unpaired) electrons. The Hall–Kier alpha value is -3.41. The summed E-state index contributed by atoms with van der Waals surface area (Å²) in [5.74, 6) is 1.33. The Labute approximate surface area is 157 Å². The van der Waals surface area contributed by atoms with Crippen molar-refractivity contribution in [3.63, 3.8) is 0 Å². The summed E-state index contributed by atoms with van der Waals surface area (Å²) in [6.45, 7) is 2.09. The Morgan fingerprint density at radius 2 is 1.96 bits per heavy atom. The van der Waals surface area contributed by atoms with Crippen molar-refractivity contribution in [3.05, 3.63) is 66.6 Å². The van der Waals surface area contributed by atoms with Crippen molar-refractivity contribution in [1.29, 1.82) is 0 Å². The average molecular weight is 360 g/mol. The van der Waals surface area contributed by atoms with Crippen molar-refractivity contribution in [2.75, 3.05) is 23.3 Å². The average Bonchev–Trinajstić information content (AvgIpc) is 3.41. The molecule has 1 N–H and O–H groups in total. The third-order valence-corrected chi connectivity index (χ3v) is 4.45. The monoisotopic (exact) mass is 360 g/mol. The van der Waals surface area contributed by atoms with Crippen molar-refractivity contribution in [3.8, 4) is 11.3 Å². The van der Waals surface area contributed by atoms with E-state index in [9.17, 15) is 4.79 Å². The van der Waals surface area contributed by atoms with Crippen LogP contribution in [0.25, 0.3) is 17.3 Å². The second kappa shape index (κ2) is 7.86. The number of aromatic nitrogens is 2. The van der Waals surface area contributed by atoms with E-state index in [-0.39, 0.29) is 5.91 Å². The van der Waals surface area contributed by atoms with E-state index in [0.717, 1.165) is 30.2 Å². The van der Waals surface area contributed by atoms with Gasteiger partial charge in [-0.05, 0) is 55.3 Å². The third kappa shape index (κ3) is 4.23. The molecule has 0 unspecified atom stereocenters. The predicted octanol–water partition coefficient (Wildman–Crippen LogP) is 3.99. The van der Waals surface area contributed by atoms with Gasteiger partial charge in [-0.3, -0.25) is 4.79 Å². The summed E-state index contributed by atoms with van der Waals surface area (Å²) in [6, 6.07) is 15.1. The molecule has 0 aliphatic carbocycles. The van der Waals surface area contributed by atoms with Crippen molar-refractivity contribution < 1.29 is 9.21 Å². The van der Waals surface area contributed by atoms with Crippen LogP contribution in [0.5, 0.6) is 0 Å². The maximum atomic E-state index is 12.1. The van der Waals surface area contributed by atoms with Crippen LogP contribution < -0.4 is 10.2 Å². The van der Waals surface area contributed by atoms with Gasteiger partial charge in [0.05, 0.1) is 12.0 Å². The topological polar surface area (TPSA) is 71.3 Å². The Balaban J connectivity index is 1.44. The lowest BCUT2D eigenvalue weighted by atomic mass is 10.1. The van der Waals surface area contributed by atoms with Crippen LogP contribution in [0.1, 0.15) is 18.6 Å². The van der Waals surface area contributed by atoms with Crippen LogP contribution in [0.3, 0.4) is 0 Å². The van der Waals surface area contributed by atoms with Gasteiger partial charge in [0.2, 0.25) is 5.91 Å². The van der Waals surface area contributed by atoms with Gasteiger partial charge < -0.3 is 14.6 Å². The van der Waals surface area contributed by atoms with E-state index < -0.39 is 0 Å². The van der Waals surface area contributed by atoms with Crippen LogP contribution in [-0.2, 0) is 4.79 Å². The van der Waals surface area contributed by atoms with Gasteiger partial charge in [0.15, 0.2) is 5.82 Å². The second-order valence-electron chi connectivity index (χ2n) is 6.39. The molecule has 1 saturated heterocycles. The van der Waals surface area contributed by atoms with Crippen molar-refractivity contribution in [2.45, 2.75) is 12.8 Å². The fourth-order valence-corrected chi connectivity index (χ4v) is 3.08. The minimum Gasteiger partial charge on any atom is -0.465 e. The zero-order chi connectivity index (χ0) is 18.5. The van der Waals surface area contributed by atoms with Gasteiger partial charge in [-0.25, -0.2) is 0 Å². The molecule has 1 aliphatic heterocycles. The lowest BCUT2D eigenvalue weighted by Crippen LogP contribution is -2.19. The third-order valence-electron chi connectivity index (χ3n) is 4.45. The zero-order valence-corrected chi connectivity index (χ0v) is 14.8. The highest BCUT2D eigenvalue weighted by Gasteiger charge is 2.14. The number of hydrogen-bond acceptors (Lipinski definition) is 5. The minimum absolute atomic E-state index is 0.223. The van der Waals surface area contributed by atoms with Crippen LogP contribution in [0.15, 0.2) is 65.3 Å². The molecular formula is C21H20N4O2. The van der Waals surface area contributed by atoms with Crippen molar-refractivity contribution in [1.82, 2.24) is 10.2 Å². The Kier molecular flexibility index (Phi) is 4.96. The summed E-state index contributed by atoms with van der Waals surface area (Å²) >= 11 is 0. The van der Waals surface area contributed by atoms with Gasteiger partial charge in [-0.2, -0.15) is 0 Å². The van der Waals surface area contributed by atoms with Crippen LogP contribution in [0, 0.1) is 0 Å². The molecule has 3 aromatic rings. The molecule has 1 aromatic carbocycles. The molecule has 0 atom stereocenters. The van der Waals surface area contributed by atoms with E-state index in [4.69, 9.17) is 4.42 Å². The van der Waals surface area contributed by atoms with Gasteiger partial charge >= 0.3 is 0 Å². The first-order valence-electron chi connectivity index (χ1n) is 9.00. The number of nitrogens with zero attached hydrogens (tertiary/aromatic N) is 3. The minimum atomic E-state index is -0.223. The molecule has 0 spiro atoms. The standard InChI is InChI=1S/C21H20N4O2/c26-21(11-8-18-7-4-14-27-18)22-17-6-3-5-16(15-17)19-9-10-20(24-23-19)25-12-1-2-13-25/h3-11,14-15H,1-2,12-13H2,(H,22,26)/b11-8+. The first kappa shape index (κ1) is 17.0. The number of anilines is 2. The maximum Gasteiger partial charge on any atom is 0.248 e. The molecule has 3 heterocycles. The number of carbonyl (C=O) groups is 1. The number of amides is 1. The Bertz CT molecular complexity index is 927. The maximum absolute atomic E-state index is 12.1. The highest BCUT2D eigenvalue weighted by Crippen LogP contribution is 2.23. The van der Waals surface area contributed by atoms with Crippen LogP contribution >= 0.6 is 0 Å². The van der Waals surface area contributed by atoms with E-state index in [1.165, 1.54) is 18.9 Å². The molecule has 1 fully saturated rings. The fraction of sp³-hybridized carbons (Fsp3) is 0.190. The number of benzene rings is 1. The molecule has 0 bridgehead atoms. The number of carbonyl (C=O) groups excluding carboxylic acids is 1. The summed E-state index contributed by atoms with van der Waals surface area (Å²) in [4.78, 5) is 14.3. The first-order chi connectivity index (χ1) is 13.3. The summed E-state index contributed by atoms with van der Waals surface area (Å²) in [5.41, 5.74) is 2.38. The molecule has 136 valence electrons. The largest absolute Gasteiger partial charge is 0.465 e. The molecule has 6 heteroatoms. The Morgan fingerprint density at radius 1 is 1.07 bits per heavy atom. The molecule has 1 aliphatic rings. The fourth-order valence-electron chi connectivity index (χ4n) is 3.08. The number of furan rings is 1. The van der Waals surface area contributed by atoms with E-state index in [0.29, 0.717) is 11.4 Å². The van der Waals surface area contributed by atoms with Gasteiger partial charge in [0, 0.05) is 30.4 Å². The highest BCUT2D eigenvalue weighted by atomic mass is 16.3. The number of nitrogens with one attached hydrogen (secondary N) is 1. The molecule has 2 aromatic heterocycles. The van der Waals surface area contributed by atoms with Gasteiger partial charge in [0.25, 0.3) is 0 Å². The van der Waals surface area contributed by atoms with Crippen LogP contribution in [0.2, 0.25) is 0 Å². The van der Waals surface area contributed by atoms with Gasteiger partial charge in [-0.1, -0.05) is 12.1 Å². The lowest BCUT2D eigenvalue weighted by Gasteiger charge is -2.15. The van der Waals surface area contributed by atoms with Crippen LogP contribution in [-0.4, -0.2) is 29.2 Å². The van der Waals surface area contributed by atoms with Gasteiger partial charge in [0.1, 0.15) is 5.76 Å². The Morgan fingerprint density at radius 3 is 2.70 bits per heavy atom. The normalized spacial score (nSPS) is 14.0. The molecule has 27 heavy (non-hydrogen) atoms. The lowest BCUT2D eigenvalue weighted by molar-refractivity contribution is -0.111. The van der Waals surface area contributed by atoms with Crippen LogP contribution in [0.4, 0.5) is 11.5 Å². The highest BCUT2D eigenvalue weighted by molar-refractivity contribution is 6.02. The summed E-state index contributed by atoms with van der Waals surface area (Å²) < 4.78 is 5.17. The molecular weight excluding hydrogens is 340 g/mol. The van der Waals surface area contributed by atoms with E-state index in [1.807, 2.05) is 36.4 Å². The smallest absolute Gasteiger partial charge is 0.248 e. The molecule has 6 nitrogen and oxygen atoms in total. The first-order valence-corrected chi connectivity index (χ1v) is 9.00. The SMILES string of the molecule is O=C(/C=C/c1ccco1)Nc1cccc(-c2ccc(N3CCCC3)nn2)c1. The zero-order valence-electron chi connectivity index (χ0n) is 14.8. The van der Waals surface area contributed by atoms with E-state index in [2.05, 4.69) is 20.4 Å². The number of hydrogen-bond donors (Lipinski definition) is 1. The predicted molar refractivity (Wildman–Crippen MR) is 105 cm³/mol. The van der Waals surface area contributed by atoms with Crippen molar-refractivity contribution >= 4 is 23.5 Å². The summed E-state index contributed by atoms with van der Waals surface area (Å²) in [5, 5.41) is 11.6. The van der Waals surface area contributed by atoms with Gasteiger partial charge in [-0.15, -0.1) is 10.2 Å².